The number of fused-ring (bicyclic) bond motifs is 1. The molecule has 1 fully saturated rings. The number of halogens is 2. The number of aromatic nitrogens is 1. The Kier molecular flexibility index (Phi) is 7.77. The molecule has 2 aromatic carbocycles. The summed E-state index contributed by atoms with van der Waals surface area (Å²) < 4.78 is 22.3. The number of methoxy groups -OCH3 is 1. The molecule has 0 saturated carbocycles. The zero-order chi connectivity index (χ0) is 27.0. The number of ether oxygens (including phenoxy) is 1. The van der Waals surface area contributed by atoms with Gasteiger partial charge < -0.3 is 29.5 Å². The van der Waals surface area contributed by atoms with Crippen LogP contribution < -0.4 is 15.1 Å². The predicted octanol–water partition coefficient (Wildman–Crippen LogP) is 3.85. The van der Waals surface area contributed by atoms with Crippen LogP contribution in [0.5, 0.6) is 5.75 Å². The lowest BCUT2D eigenvalue weighted by atomic mass is 9.98. The average molecular weight is 533 g/mol. The minimum atomic E-state index is -1.38. The first-order valence-corrected chi connectivity index (χ1v) is 12.4. The molecule has 2 atom stereocenters. The lowest BCUT2D eigenvalue weighted by molar-refractivity contribution is 0.0694. The summed E-state index contributed by atoms with van der Waals surface area (Å²) in [5, 5.41) is 29.7. The fourth-order valence-electron chi connectivity index (χ4n) is 4.92. The van der Waals surface area contributed by atoms with Crippen LogP contribution in [0.1, 0.15) is 47.8 Å². The van der Waals surface area contributed by atoms with E-state index in [0.717, 1.165) is 0 Å². The van der Waals surface area contributed by atoms with Gasteiger partial charge in [-0.25, -0.2) is 9.18 Å². The molecule has 0 amide bonds. The summed E-state index contributed by atoms with van der Waals surface area (Å²) in [6.07, 6.45) is 1.42. The number of carboxylic acids is 1. The maximum Gasteiger partial charge on any atom is 0.341 e. The molecule has 198 valence electrons. The van der Waals surface area contributed by atoms with Crippen LogP contribution >= 0.6 is 11.6 Å². The van der Waals surface area contributed by atoms with Crippen LogP contribution in [-0.4, -0.2) is 58.8 Å². The number of β-amino-alcohol motifs (C(OH)–C–C–N with tert-alkyl or cyclic N) is 1. The van der Waals surface area contributed by atoms with Crippen molar-refractivity contribution in [3.05, 3.63) is 68.2 Å². The van der Waals surface area contributed by atoms with Crippen LogP contribution in [-0.2, 0) is 6.42 Å². The van der Waals surface area contributed by atoms with Crippen molar-refractivity contribution in [2.75, 3.05) is 31.7 Å². The highest BCUT2D eigenvalue weighted by Gasteiger charge is 2.25. The molecule has 10 heteroatoms. The van der Waals surface area contributed by atoms with Crippen LogP contribution in [0, 0.1) is 11.7 Å². The number of carboxylic acid groups (broad SMARTS) is 1. The summed E-state index contributed by atoms with van der Waals surface area (Å²) in [5.41, 5.74) is 0.720. The van der Waals surface area contributed by atoms with Gasteiger partial charge in [-0.1, -0.05) is 25.4 Å². The van der Waals surface area contributed by atoms with Gasteiger partial charge in [-0.3, -0.25) is 4.79 Å². The highest BCUT2D eigenvalue weighted by molar-refractivity contribution is 6.31. The Hall–Kier alpha value is -3.14. The Morgan fingerprint density at radius 1 is 1.24 bits per heavy atom. The molecule has 3 aromatic rings. The predicted molar refractivity (Wildman–Crippen MR) is 140 cm³/mol. The maximum atomic E-state index is 15.1. The van der Waals surface area contributed by atoms with Crippen molar-refractivity contribution in [3.63, 3.8) is 0 Å². The van der Waals surface area contributed by atoms with Gasteiger partial charge >= 0.3 is 5.97 Å². The normalized spacial score (nSPS) is 16.5. The molecular formula is C27H30ClFN2O6. The van der Waals surface area contributed by atoms with Crippen LogP contribution in [0.2, 0.25) is 5.02 Å². The van der Waals surface area contributed by atoms with E-state index in [-0.39, 0.29) is 34.9 Å². The van der Waals surface area contributed by atoms with Crippen LogP contribution in [0.25, 0.3) is 10.9 Å². The molecule has 0 radical (unpaired) electrons. The van der Waals surface area contributed by atoms with Crippen molar-refractivity contribution in [1.29, 1.82) is 0 Å². The fourth-order valence-corrected chi connectivity index (χ4v) is 5.15. The third-order valence-corrected chi connectivity index (χ3v) is 7.25. The third-order valence-electron chi connectivity index (χ3n) is 6.98. The van der Waals surface area contributed by atoms with Crippen molar-refractivity contribution in [2.24, 2.45) is 5.92 Å². The Bertz CT molecular complexity index is 1410. The Morgan fingerprint density at radius 3 is 2.54 bits per heavy atom. The number of anilines is 1. The molecule has 3 N–H and O–H groups in total. The van der Waals surface area contributed by atoms with Crippen molar-refractivity contribution >= 4 is 34.2 Å². The highest BCUT2D eigenvalue weighted by atomic mass is 35.5. The summed E-state index contributed by atoms with van der Waals surface area (Å²) in [4.78, 5) is 27.0. The van der Waals surface area contributed by atoms with E-state index in [2.05, 4.69) is 0 Å². The molecule has 4 rings (SSSR count). The molecule has 2 heterocycles. The molecule has 0 unspecified atom stereocenters. The van der Waals surface area contributed by atoms with E-state index in [1.165, 1.54) is 25.4 Å². The van der Waals surface area contributed by atoms with E-state index in [9.17, 15) is 24.9 Å². The second kappa shape index (κ2) is 10.7. The number of benzene rings is 2. The molecule has 0 spiro atoms. The van der Waals surface area contributed by atoms with Gasteiger partial charge in [0.15, 0.2) is 0 Å². The van der Waals surface area contributed by atoms with Gasteiger partial charge in [0.2, 0.25) is 5.43 Å². The smallest absolute Gasteiger partial charge is 0.341 e. The van der Waals surface area contributed by atoms with E-state index in [1.807, 2.05) is 18.7 Å². The number of pyridine rings is 1. The molecule has 8 nitrogen and oxygen atoms in total. The summed E-state index contributed by atoms with van der Waals surface area (Å²) in [6.45, 7) is 4.53. The van der Waals surface area contributed by atoms with Gasteiger partial charge in [-0.15, -0.1) is 0 Å². The van der Waals surface area contributed by atoms with E-state index >= 15 is 4.39 Å². The lowest BCUT2D eigenvalue weighted by Crippen LogP contribution is -2.25. The van der Waals surface area contributed by atoms with Gasteiger partial charge in [0.1, 0.15) is 17.1 Å². The minimum Gasteiger partial charge on any atom is -0.496 e. The first kappa shape index (κ1) is 26.9. The van der Waals surface area contributed by atoms with Crippen molar-refractivity contribution < 1.29 is 29.2 Å². The summed E-state index contributed by atoms with van der Waals surface area (Å²) in [6, 6.07) is 5.83. The second-order valence-electron chi connectivity index (χ2n) is 9.73. The standard InChI is InChI=1S/C27H30ClFN2O6/c1-14(2)23(13-32)31-12-20(27(35)36)26(34)19-8-15(24(37-3)10-22(19)31)6-16-7-17(9-21(28)25(16)29)30-5-4-18(33)11-30/h7-10,12,14,18,23,32-33H,4-6,11,13H2,1-3H3,(H,35,36)/t18-,23-/m1/s1. The topological polar surface area (TPSA) is 112 Å². The van der Waals surface area contributed by atoms with Crippen molar-refractivity contribution in [3.8, 4) is 5.75 Å². The van der Waals surface area contributed by atoms with Crippen molar-refractivity contribution in [1.82, 2.24) is 4.57 Å². The molecular weight excluding hydrogens is 503 g/mol. The number of hydrogen-bond acceptors (Lipinski definition) is 6. The number of aromatic carboxylic acids is 1. The summed E-state index contributed by atoms with van der Waals surface area (Å²) in [5.74, 6) is -1.67. The van der Waals surface area contributed by atoms with Gasteiger partial charge in [-0.2, -0.15) is 0 Å². The number of aliphatic hydroxyl groups is 2. The van der Waals surface area contributed by atoms with E-state index in [4.69, 9.17) is 16.3 Å². The minimum absolute atomic E-state index is 0.0270. The van der Waals surface area contributed by atoms with E-state index < -0.39 is 34.9 Å². The molecule has 0 bridgehead atoms. The molecule has 37 heavy (non-hydrogen) atoms. The summed E-state index contributed by atoms with van der Waals surface area (Å²) >= 11 is 6.21. The molecule has 1 aromatic heterocycles. The lowest BCUT2D eigenvalue weighted by Gasteiger charge is -2.25. The zero-order valence-corrected chi connectivity index (χ0v) is 21.6. The molecule has 1 aliphatic heterocycles. The maximum absolute atomic E-state index is 15.1. The molecule has 1 aliphatic rings. The Balaban J connectivity index is 1.89. The monoisotopic (exact) mass is 532 g/mol. The SMILES string of the molecule is COc1cc2c(cc1Cc1cc(N3CC[C@@H](O)C3)cc(Cl)c1F)c(=O)c(C(=O)O)cn2[C@H](CO)C(C)C. The second-order valence-corrected chi connectivity index (χ2v) is 10.1. The zero-order valence-electron chi connectivity index (χ0n) is 20.9. The van der Waals surface area contributed by atoms with Crippen LogP contribution in [0.4, 0.5) is 10.1 Å². The molecule has 1 saturated heterocycles. The van der Waals surface area contributed by atoms with Gasteiger partial charge in [0.25, 0.3) is 0 Å². The van der Waals surface area contributed by atoms with Crippen LogP contribution in [0.15, 0.2) is 35.3 Å². The summed E-state index contributed by atoms with van der Waals surface area (Å²) in [7, 11) is 1.45. The number of hydrogen-bond donors (Lipinski definition) is 3. The van der Waals surface area contributed by atoms with Crippen molar-refractivity contribution in [2.45, 2.75) is 38.8 Å². The van der Waals surface area contributed by atoms with Gasteiger partial charge in [0, 0.05) is 42.8 Å². The quantitative estimate of drug-likeness (QED) is 0.404. The van der Waals surface area contributed by atoms with E-state index in [1.54, 1.807) is 16.7 Å². The largest absolute Gasteiger partial charge is 0.496 e. The van der Waals surface area contributed by atoms with Gasteiger partial charge in [0.05, 0.1) is 36.4 Å². The van der Waals surface area contributed by atoms with Gasteiger partial charge in [-0.05, 0) is 41.7 Å². The Labute approximate surface area is 218 Å². The average Bonchev–Trinajstić information content (AvgIpc) is 3.29. The van der Waals surface area contributed by atoms with Crippen LogP contribution in [0.3, 0.4) is 0 Å². The fraction of sp³-hybridized carbons (Fsp3) is 0.407. The Morgan fingerprint density at radius 2 is 1.97 bits per heavy atom. The first-order valence-electron chi connectivity index (χ1n) is 12.1. The first-order chi connectivity index (χ1) is 17.5. The number of rotatable bonds is 8. The third kappa shape index (κ3) is 5.16. The van der Waals surface area contributed by atoms with E-state index in [0.29, 0.717) is 42.0 Å². The molecule has 0 aliphatic carbocycles. The number of aliphatic hydroxyl groups excluding tert-OH is 2. The number of carbonyl (C=O) groups is 1. The number of nitrogens with zero attached hydrogens (tertiary/aromatic N) is 2. The highest BCUT2D eigenvalue weighted by Crippen LogP contribution is 2.34.